The molecule has 4 rings (SSSR count). The van der Waals surface area contributed by atoms with E-state index >= 15 is 0 Å². The topological polar surface area (TPSA) is 104 Å². The fourth-order valence-electron chi connectivity index (χ4n) is 3.90. The molecule has 9 nitrogen and oxygen atoms in total. The summed E-state index contributed by atoms with van der Waals surface area (Å²) in [5.74, 6) is 1.62. The minimum absolute atomic E-state index is 0.0239. The molecule has 32 heavy (non-hydrogen) atoms. The highest BCUT2D eigenvalue weighted by Crippen LogP contribution is 2.36. The zero-order valence-corrected chi connectivity index (χ0v) is 19.1. The van der Waals surface area contributed by atoms with Gasteiger partial charge in [0.1, 0.15) is 23.3 Å². The number of methoxy groups -OCH3 is 2. The molecule has 0 aliphatic carbocycles. The predicted molar refractivity (Wildman–Crippen MR) is 121 cm³/mol. The molecule has 0 aromatic carbocycles. The summed E-state index contributed by atoms with van der Waals surface area (Å²) in [6.45, 7) is 4.71. The first-order chi connectivity index (χ1) is 15.6. The number of nitrogens with zero attached hydrogens (tertiary/aromatic N) is 6. The number of carbonyl (C=O) groups excluding carboxylic acids is 1. The van der Waals surface area contributed by atoms with Gasteiger partial charge in [-0.1, -0.05) is 0 Å². The third kappa shape index (κ3) is 4.09. The second-order valence-electron chi connectivity index (χ2n) is 7.44. The number of aromatic nitrogens is 3. The predicted octanol–water partition coefficient (Wildman–Crippen LogP) is 2.77. The molecule has 166 valence electrons. The van der Waals surface area contributed by atoms with E-state index in [0.29, 0.717) is 52.4 Å². The lowest BCUT2D eigenvalue weighted by atomic mass is 10.2. The Hall–Kier alpha value is -3.29. The van der Waals surface area contributed by atoms with Crippen LogP contribution in [-0.4, -0.2) is 66.2 Å². The van der Waals surface area contributed by atoms with E-state index < -0.39 is 0 Å². The Labute approximate surface area is 190 Å². The van der Waals surface area contributed by atoms with Gasteiger partial charge in [-0.05, 0) is 31.0 Å². The van der Waals surface area contributed by atoms with Gasteiger partial charge in [-0.25, -0.2) is 9.97 Å². The van der Waals surface area contributed by atoms with Gasteiger partial charge in [-0.2, -0.15) is 10.2 Å². The quantitative estimate of drug-likeness (QED) is 0.582. The van der Waals surface area contributed by atoms with Crippen molar-refractivity contribution in [3.63, 3.8) is 0 Å². The Morgan fingerprint density at radius 3 is 2.84 bits per heavy atom. The molecule has 4 heterocycles. The molecule has 1 fully saturated rings. The van der Waals surface area contributed by atoms with Crippen molar-refractivity contribution < 1.29 is 14.3 Å². The van der Waals surface area contributed by atoms with Crippen LogP contribution in [0.5, 0.6) is 5.88 Å². The standard InChI is InChI=1S/C22H24N6O3S/c1-14-17-20(31-3)25-16(13-30-2)26-21(17)32-18(14)22(29)28-9-5-8-27(10-11-28)19-15(12-23)6-4-7-24-19/h4,6-7H,5,8-11,13H2,1-3H3. The third-order valence-corrected chi connectivity index (χ3v) is 6.63. The highest BCUT2D eigenvalue weighted by atomic mass is 32.1. The van der Waals surface area contributed by atoms with Crippen molar-refractivity contribution in [3.05, 3.63) is 40.2 Å². The summed E-state index contributed by atoms with van der Waals surface area (Å²) in [7, 11) is 3.15. The lowest BCUT2D eigenvalue weighted by Crippen LogP contribution is -2.35. The lowest BCUT2D eigenvalue weighted by Gasteiger charge is -2.23. The summed E-state index contributed by atoms with van der Waals surface area (Å²) in [5.41, 5.74) is 1.37. The Bertz CT molecular complexity index is 1190. The first-order valence-corrected chi connectivity index (χ1v) is 11.1. The molecule has 0 saturated carbocycles. The minimum atomic E-state index is -0.0239. The summed E-state index contributed by atoms with van der Waals surface area (Å²) >= 11 is 1.36. The van der Waals surface area contributed by atoms with Crippen LogP contribution in [0.3, 0.4) is 0 Å². The molecule has 0 spiro atoms. The fraction of sp³-hybridized carbons (Fsp3) is 0.409. The van der Waals surface area contributed by atoms with Crippen LogP contribution < -0.4 is 9.64 Å². The van der Waals surface area contributed by atoms with Gasteiger partial charge in [0.15, 0.2) is 5.82 Å². The van der Waals surface area contributed by atoms with Crippen LogP contribution in [0.2, 0.25) is 0 Å². The number of anilines is 1. The van der Waals surface area contributed by atoms with E-state index in [9.17, 15) is 10.1 Å². The van der Waals surface area contributed by atoms with E-state index in [-0.39, 0.29) is 12.5 Å². The maximum atomic E-state index is 13.5. The van der Waals surface area contributed by atoms with Crippen molar-refractivity contribution in [2.45, 2.75) is 20.0 Å². The summed E-state index contributed by atoms with van der Waals surface area (Å²) in [4.78, 5) is 32.1. The summed E-state index contributed by atoms with van der Waals surface area (Å²) < 4.78 is 10.6. The molecule has 1 aliphatic rings. The largest absolute Gasteiger partial charge is 0.480 e. The van der Waals surface area contributed by atoms with Crippen LogP contribution in [0.25, 0.3) is 10.2 Å². The van der Waals surface area contributed by atoms with Crippen molar-refractivity contribution in [3.8, 4) is 11.9 Å². The Morgan fingerprint density at radius 2 is 2.09 bits per heavy atom. The van der Waals surface area contributed by atoms with E-state index in [1.54, 1.807) is 32.5 Å². The van der Waals surface area contributed by atoms with Crippen molar-refractivity contribution in [1.29, 1.82) is 5.26 Å². The molecule has 0 radical (unpaired) electrons. The van der Waals surface area contributed by atoms with E-state index in [0.717, 1.165) is 23.9 Å². The molecule has 0 bridgehead atoms. The van der Waals surface area contributed by atoms with Gasteiger partial charge in [0.25, 0.3) is 5.91 Å². The molecule has 1 saturated heterocycles. The monoisotopic (exact) mass is 452 g/mol. The molecule has 1 aliphatic heterocycles. The van der Waals surface area contributed by atoms with Gasteiger partial charge in [-0.3, -0.25) is 4.79 Å². The molecule has 10 heteroatoms. The molecular weight excluding hydrogens is 428 g/mol. The van der Waals surface area contributed by atoms with Gasteiger partial charge in [-0.15, -0.1) is 11.3 Å². The first-order valence-electron chi connectivity index (χ1n) is 10.3. The average Bonchev–Trinajstić information content (AvgIpc) is 2.99. The van der Waals surface area contributed by atoms with Crippen LogP contribution in [-0.2, 0) is 11.3 Å². The summed E-state index contributed by atoms with van der Waals surface area (Å²) in [6.07, 6.45) is 2.48. The van der Waals surface area contributed by atoms with Crippen molar-refractivity contribution in [2.75, 3.05) is 45.3 Å². The molecule has 0 atom stereocenters. The number of hydrogen-bond acceptors (Lipinski definition) is 9. The highest BCUT2D eigenvalue weighted by Gasteiger charge is 2.27. The van der Waals surface area contributed by atoms with Gasteiger partial charge in [0.2, 0.25) is 5.88 Å². The number of thiophene rings is 1. The summed E-state index contributed by atoms with van der Waals surface area (Å²) in [6, 6.07) is 5.73. The number of ether oxygens (including phenoxy) is 2. The smallest absolute Gasteiger partial charge is 0.264 e. The third-order valence-electron chi connectivity index (χ3n) is 5.45. The zero-order chi connectivity index (χ0) is 22.7. The maximum absolute atomic E-state index is 13.5. The number of hydrogen-bond donors (Lipinski definition) is 0. The van der Waals surface area contributed by atoms with E-state index in [4.69, 9.17) is 9.47 Å². The fourth-order valence-corrected chi connectivity index (χ4v) is 5.06. The highest BCUT2D eigenvalue weighted by molar-refractivity contribution is 7.20. The molecular formula is C22H24N6O3S. The number of rotatable bonds is 5. The van der Waals surface area contributed by atoms with Gasteiger partial charge >= 0.3 is 0 Å². The molecule has 3 aromatic heterocycles. The average molecular weight is 453 g/mol. The second-order valence-corrected chi connectivity index (χ2v) is 8.44. The van der Waals surface area contributed by atoms with Crippen molar-refractivity contribution in [2.24, 2.45) is 0 Å². The van der Waals surface area contributed by atoms with Crippen molar-refractivity contribution in [1.82, 2.24) is 19.9 Å². The number of carbonyl (C=O) groups is 1. The van der Waals surface area contributed by atoms with Gasteiger partial charge < -0.3 is 19.3 Å². The van der Waals surface area contributed by atoms with E-state index in [1.807, 2.05) is 11.8 Å². The number of nitriles is 1. The SMILES string of the molecule is COCc1nc(OC)c2c(C)c(C(=O)N3CCCN(c4ncccc4C#N)CC3)sc2n1. The maximum Gasteiger partial charge on any atom is 0.264 e. The molecule has 1 amide bonds. The van der Waals surface area contributed by atoms with Gasteiger partial charge in [0, 0.05) is 39.5 Å². The Kier molecular flexibility index (Phi) is 6.48. The van der Waals surface area contributed by atoms with E-state index in [1.165, 1.54) is 11.3 Å². The Morgan fingerprint density at radius 1 is 1.25 bits per heavy atom. The number of aryl methyl sites for hydroxylation is 1. The first kappa shape index (κ1) is 21.9. The zero-order valence-electron chi connectivity index (χ0n) is 18.3. The van der Waals surface area contributed by atoms with Crippen LogP contribution in [0.15, 0.2) is 18.3 Å². The normalized spacial score (nSPS) is 14.3. The van der Waals surface area contributed by atoms with Crippen LogP contribution in [0.4, 0.5) is 5.82 Å². The number of amides is 1. The van der Waals surface area contributed by atoms with Crippen LogP contribution in [0, 0.1) is 18.3 Å². The molecule has 0 N–H and O–H groups in total. The molecule has 0 unspecified atom stereocenters. The van der Waals surface area contributed by atoms with Crippen molar-refractivity contribution >= 4 is 33.3 Å². The summed E-state index contributed by atoms with van der Waals surface area (Å²) in [5, 5.41) is 10.2. The number of pyridine rings is 1. The number of fused-ring (bicyclic) bond motifs is 1. The van der Waals surface area contributed by atoms with E-state index in [2.05, 4.69) is 25.9 Å². The Balaban J connectivity index is 1.59. The lowest BCUT2D eigenvalue weighted by molar-refractivity contribution is 0.0771. The molecule has 3 aromatic rings. The minimum Gasteiger partial charge on any atom is -0.480 e. The van der Waals surface area contributed by atoms with Crippen LogP contribution in [0.1, 0.15) is 33.0 Å². The van der Waals surface area contributed by atoms with Gasteiger partial charge in [0.05, 0.1) is 22.9 Å². The van der Waals surface area contributed by atoms with Crippen LogP contribution >= 0.6 is 11.3 Å². The second kappa shape index (κ2) is 9.46.